The number of halogens is 1. The van der Waals surface area contributed by atoms with Crippen LogP contribution in [0.2, 0.25) is 5.02 Å². The summed E-state index contributed by atoms with van der Waals surface area (Å²) in [7, 11) is 0. The Bertz CT molecular complexity index is 1040. The predicted molar refractivity (Wildman–Crippen MR) is 102 cm³/mol. The van der Waals surface area contributed by atoms with Gasteiger partial charge in [-0.15, -0.1) is 0 Å². The van der Waals surface area contributed by atoms with Crippen molar-refractivity contribution in [2.75, 3.05) is 6.61 Å². The molecule has 0 spiro atoms. The fraction of sp³-hybridized carbons (Fsp3) is 0.250. The predicted octanol–water partition coefficient (Wildman–Crippen LogP) is 4.01. The third-order valence-electron chi connectivity index (χ3n) is 4.82. The molecule has 0 amide bonds. The number of aliphatic hydroxyl groups is 1. The highest BCUT2D eigenvalue weighted by Crippen LogP contribution is 2.39. The van der Waals surface area contributed by atoms with E-state index in [0.29, 0.717) is 27.2 Å². The number of phenolic OH excluding ortho intramolecular Hbond substituents is 1. The summed E-state index contributed by atoms with van der Waals surface area (Å²) in [5.74, 6) is 0.0492. The van der Waals surface area contributed by atoms with Crippen molar-refractivity contribution in [1.29, 1.82) is 0 Å². The van der Waals surface area contributed by atoms with E-state index in [1.165, 1.54) is 6.07 Å². The van der Waals surface area contributed by atoms with Crippen LogP contribution in [-0.2, 0) is 6.42 Å². The molecule has 0 saturated heterocycles. The molecule has 0 aliphatic heterocycles. The molecule has 0 atom stereocenters. The first-order chi connectivity index (χ1) is 11.8. The van der Waals surface area contributed by atoms with Gasteiger partial charge in [0, 0.05) is 45.6 Å². The van der Waals surface area contributed by atoms with Gasteiger partial charge in [-0.1, -0.05) is 11.6 Å². The number of H-pyrrole nitrogens is 1. The van der Waals surface area contributed by atoms with Gasteiger partial charge in [0.05, 0.1) is 0 Å². The van der Waals surface area contributed by atoms with E-state index in [9.17, 15) is 15.0 Å². The maximum absolute atomic E-state index is 12.6. The van der Waals surface area contributed by atoms with E-state index in [1.54, 1.807) is 12.1 Å². The Morgan fingerprint density at radius 3 is 2.52 bits per heavy atom. The summed E-state index contributed by atoms with van der Waals surface area (Å²) in [6.45, 7) is 5.87. The molecular weight excluding hydrogens is 338 g/mol. The van der Waals surface area contributed by atoms with Gasteiger partial charge in [-0.2, -0.15) is 0 Å². The Kier molecular flexibility index (Phi) is 4.58. The molecule has 3 rings (SSSR count). The molecule has 2 aromatic carbocycles. The summed E-state index contributed by atoms with van der Waals surface area (Å²) >= 11 is 6.14. The number of phenols is 1. The number of aromatic amines is 1. The molecule has 4 nitrogen and oxygen atoms in total. The van der Waals surface area contributed by atoms with E-state index in [2.05, 4.69) is 4.98 Å². The zero-order valence-corrected chi connectivity index (χ0v) is 15.2. The molecule has 0 unspecified atom stereocenters. The largest absolute Gasteiger partial charge is 0.507 e. The summed E-state index contributed by atoms with van der Waals surface area (Å²) < 4.78 is 0. The van der Waals surface area contributed by atoms with Crippen molar-refractivity contribution < 1.29 is 10.2 Å². The van der Waals surface area contributed by atoms with E-state index in [4.69, 9.17) is 11.6 Å². The van der Waals surface area contributed by atoms with Crippen molar-refractivity contribution in [3.63, 3.8) is 0 Å². The standard InChI is InChI=1S/C20H20ClNO3/c1-10-8-16-18(12(3)11(10)2)19(14(6-7-23)20(25)22-16)15-9-13(21)4-5-17(15)24/h4-5,8-9,23-24H,6-7H2,1-3H3,(H,22,25). The van der Waals surface area contributed by atoms with E-state index in [-0.39, 0.29) is 24.3 Å². The van der Waals surface area contributed by atoms with E-state index < -0.39 is 0 Å². The SMILES string of the molecule is Cc1cc2[nH]c(=O)c(CCO)c(-c3cc(Cl)ccc3O)c2c(C)c1C. The first-order valence-corrected chi connectivity index (χ1v) is 8.48. The number of hydrogen-bond acceptors (Lipinski definition) is 3. The second-order valence-electron chi connectivity index (χ2n) is 6.31. The minimum absolute atomic E-state index is 0.0492. The van der Waals surface area contributed by atoms with Crippen LogP contribution in [0.3, 0.4) is 0 Å². The molecule has 5 heteroatoms. The first kappa shape index (κ1) is 17.5. The molecule has 0 saturated carbocycles. The number of benzene rings is 2. The maximum atomic E-state index is 12.6. The van der Waals surface area contributed by atoms with Crippen LogP contribution in [0.25, 0.3) is 22.0 Å². The number of aliphatic hydroxyl groups excluding tert-OH is 1. The Labute approximate surface area is 150 Å². The molecule has 0 radical (unpaired) electrons. The summed E-state index contributed by atoms with van der Waals surface area (Å²) in [5, 5.41) is 21.2. The van der Waals surface area contributed by atoms with Crippen molar-refractivity contribution in [2.24, 2.45) is 0 Å². The van der Waals surface area contributed by atoms with Gasteiger partial charge in [0.15, 0.2) is 0 Å². The van der Waals surface area contributed by atoms with Gasteiger partial charge in [-0.25, -0.2) is 0 Å². The Morgan fingerprint density at radius 1 is 1.12 bits per heavy atom. The highest BCUT2D eigenvalue weighted by molar-refractivity contribution is 6.31. The zero-order valence-electron chi connectivity index (χ0n) is 14.4. The van der Waals surface area contributed by atoms with Gasteiger partial charge in [0.2, 0.25) is 0 Å². The topological polar surface area (TPSA) is 73.3 Å². The average Bonchev–Trinajstić information content (AvgIpc) is 2.56. The van der Waals surface area contributed by atoms with Crippen LogP contribution in [-0.4, -0.2) is 21.8 Å². The Balaban J connectivity index is 2.57. The molecule has 1 heterocycles. The Morgan fingerprint density at radius 2 is 1.84 bits per heavy atom. The average molecular weight is 358 g/mol. The number of nitrogens with one attached hydrogen (secondary N) is 1. The van der Waals surface area contributed by atoms with E-state index in [1.807, 2.05) is 26.8 Å². The lowest BCUT2D eigenvalue weighted by molar-refractivity contribution is 0.299. The van der Waals surface area contributed by atoms with Crippen LogP contribution in [0.4, 0.5) is 0 Å². The van der Waals surface area contributed by atoms with Crippen LogP contribution in [0, 0.1) is 20.8 Å². The van der Waals surface area contributed by atoms with Gasteiger partial charge >= 0.3 is 0 Å². The number of pyridine rings is 1. The summed E-state index contributed by atoms with van der Waals surface area (Å²) in [4.78, 5) is 15.6. The molecule has 130 valence electrons. The summed E-state index contributed by atoms with van der Waals surface area (Å²) in [6.07, 6.45) is 0.193. The van der Waals surface area contributed by atoms with Crippen molar-refractivity contribution in [1.82, 2.24) is 4.98 Å². The van der Waals surface area contributed by atoms with Crippen molar-refractivity contribution in [3.05, 3.63) is 61.9 Å². The number of fused-ring (bicyclic) bond motifs is 1. The smallest absolute Gasteiger partial charge is 0.252 e. The Hall–Kier alpha value is -2.30. The molecule has 0 aliphatic rings. The molecule has 1 aromatic heterocycles. The third-order valence-corrected chi connectivity index (χ3v) is 5.06. The molecule has 0 bridgehead atoms. The lowest BCUT2D eigenvalue weighted by Gasteiger charge is -2.18. The minimum Gasteiger partial charge on any atom is -0.507 e. The van der Waals surface area contributed by atoms with Crippen LogP contribution in [0.5, 0.6) is 5.75 Å². The van der Waals surface area contributed by atoms with Gasteiger partial charge in [0.25, 0.3) is 5.56 Å². The molecular formula is C20H20ClNO3. The van der Waals surface area contributed by atoms with Crippen molar-refractivity contribution in [3.8, 4) is 16.9 Å². The van der Waals surface area contributed by atoms with Crippen molar-refractivity contribution in [2.45, 2.75) is 27.2 Å². The van der Waals surface area contributed by atoms with E-state index >= 15 is 0 Å². The minimum atomic E-state index is -0.265. The number of aromatic nitrogens is 1. The van der Waals surface area contributed by atoms with Gasteiger partial charge in [-0.3, -0.25) is 4.79 Å². The molecule has 3 aromatic rings. The van der Waals surface area contributed by atoms with Gasteiger partial charge < -0.3 is 15.2 Å². The number of hydrogen-bond donors (Lipinski definition) is 3. The van der Waals surface area contributed by atoms with Crippen molar-refractivity contribution >= 4 is 22.5 Å². The van der Waals surface area contributed by atoms with Crippen LogP contribution < -0.4 is 5.56 Å². The molecule has 3 N–H and O–H groups in total. The van der Waals surface area contributed by atoms with Gasteiger partial charge in [-0.05, 0) is 61.7 Å². The summed E-state index contributed by atoms with van der Waals surface area (Å²) in [6, 6.07) is 6.71. The summed E-state index contributed by atoms with van der Waals surface area (Å²) in [5.41, 5.74) is 5.25. The quantitative estimate of drug-likeness (QED) is 0.663. The first-order valence-electron chi connectivity index (χ1n) is 8.10. The fourth-order valence-electron chi connectivity index (χ4n) is 3.32. The van der Waals surface area contributed by atoms with E-state index in [0.717, 1.165) is 22.1 Å². The molecule has 25 heavy (non-hydrogen) atoms. The van der Waals surface area contributed by atoms with Crippen LogP contribution in [0.15, 0.2) is 29.1 Å². The number of rotatable bonds is 3. The highest BCUT2D eigenvalue weighted by Gasteiger charge is 2.20. The van der Waals surface area contributed by atoms with Crippen LogP contribution in [0.1, 0.15) is 22.3 Å². The number of aryl methyl sites for hydroxylation is 2. The third kappa shape index (κ3) is 2.92. The zero-order chi connectivity index (χ0) is 18.3. The number of aromatic hydroxyl groups is 1. The normalized spacial score (nSPS) is 11.2. The second kappa shape index (κ2) is 6.54. The second-order valence-corrected chi connectivity index (χ2v) is 6.75. The van der Waals surface area contributed by atoms with Gasteiger partial charge in [0.1, 0.15) is 5.75 Å². The molecule has 0 aliphatic carbocycles. The monoisotopic (exact) mass is 357 g/mol. The lowest BCUT2D eigenvalue weighted by Crippen LogP contribution is -2.17. The molecule has 0 fully saturated rings. The maximum Gasteiger partial charge on any atom is 0.252 e. The fourth-order valence-corrected chi connectivity index (χ4v) is 3.49. The highest BCUT2D eigenvalue weighted by atomic mass is 35.5. The van der Waals surface area contributed by atoms with Crippen LogP contribution >= 0.6 is 11.6 Å². The lowest BCUT2D eigenvalue weighted by atomic mass is 9.89.